The van der Waals surface area contributed by atoms with Crippen LogP contribution in [0.3, 0.4) is 0 Å². The molecule has 1 nitrogen and oxygen atoms in total. The first-order valence-corrected chi connectivity index (χ1v) is 8.66. The molecule has 0 spiro atoms. The maximum atomic E-state index is 6.42. The zero-order valence-corrected chi connectivity index (χ0v) is 15.7. The number of rotatable bonds is 10. The number of hydrogen-bond acceptors (Lipinski definition) is 1. The van der Waals surface area contributed by atoms with Crippen LogP contribution in [0.15, 0.2) is 23.3 Å². The average molecular weight is 295 g/mol. The molecular formula is C20H38O. The SMILES string of the molecule is CC(C)=CC(CCC(C)C)OC(C=C(C)C)CCC(C)C. The second-order valence-corrected chi connectivity index (χ2v) is 7.64. The van der Waals surface area contributed by atoms with E-state index in [0.29, 0.717) is 0 Å². The third-order valence-corrected chi connectivity index (χ3v) is 3.45. The average Bonchev–Trinajstić information content (AvgIpc) is 2.31. The third-order valence-electron chi connectivity index (χ3n) is 3.45. The van der Waals surface area contributed by atoms with Crippen molar-refractivity contribution in [2.75, 3.05) is 0 Å². The highest BCUT2D eigenvalue weighted by atomic mass is 16.5. The van der Waals surface area contributed by atoms with Crippen LogP contribution < -0.4 is 0 Å². The van der Waals surface area contributed by atoms with Gasteiger partial charge >= 0.3 is 0 Å². The highest BCUT2D eigenvalue weighted by molar-refractivity contribution is 5.02. The minimum atomic E-state index is 0.255. The van der Waals surface area contributed by atoms with Crippen LogP contribution in [-0.4, -0.2) is 12.2 Å². The minimum Gasteiger partial charge on any atom is -0.367 e. The molecule has 0 aliphatic heterocycles. The van der Waals surface area contributed by atoms with Crippen molar-refractivity contribution >= 4 is 0 Å². The fraction of sp³-hybridized carbons (Fsp3) is 0.800. The van der Waals surface area contributed by atoms with E-state index in [4.69, 9.17) is 4.74 Å². The Morgan fingerprint density at radius 1 is 0.667 bits per heavy atom. The van der Waals surface area contributed by atoms with Crippen LogP contribution in [-0.2, 0) is 4.74 Å². The van der Waals surface area contributed by atoms with Gasteiger partial charge in [0.2, 0.25) is 0 Å². The molecule has 0 aliphatic carbocycles. The molecule has 0 heterocycles. The lowest BCUT2D eigenvalue weighted by Crippen LogP contribution is -2.21. The molecule has 0 radical (unpaired) electrons. The smallest absolute Gasteiger partial charge is 0.0766 e. The Morgan fingerprint density at radius 2 is 1.00 bits per heavy atom. The molecule has 0 rings (SSSR count). The lowest BCUT2D eigenvalue weighted by atomic mass is 10.0. The van der Waals surface area contributed by atoms with Crippen molar-refractivity contribution < 1.29 is 4.74 Å². The second kappa shape index (κ2) is 11.1. The Morgan fingerprint density at radius 3 is 1.24 bits per heavy atom. The van der Waals surface area contributed by atoms with Gasteiger partial charge in [-0.1, -0.05) is 51.0 Å². The van der Waals surface area contributed by atoms with Crippen LogP contribution in [0, 0.1) is 11.8 Å². The fourth-order valence-electron chi connectivity index (χ4n) is 2.34. The third kappa shape index (κ3) is 12.9. The molecule has 2 atom stereocenters. The summed E-state index contributed by atoms with van der Waals surface area (Å²) >= 11 is 0. The molecule has 0 amide bonds. The van der Waals surface area contributed by atoms with Gasteiger partial charge in [0.15, 0.2) is 0 Å². The molecular weight excluding hydrogens is 256 g/mol. The Labute approximate surface area is 133 Å². The first-order chi connectivity index (χ1) is 9.70. The summed E-state index contributed by atoms with van der Waals surface area (Å²) in [6.07, 6.45) is 9.79. The van der Waals surface area contributed by atoms with E-state index in [-0.39, 0.29) is 12.2 Å². The van der Waals surface area contributed by atoms with Gasteiger partial charge in [-0.2, -0.15) is 0 Å². The quantitative estimate of drug-likeness (QED) is 0.415. The maximum absolute atomic E-state index is 6.42. The Kier molecular flexibility index (Phi) is 10.8. The van der Waals surface area contributed by atoms with Crippen molar-refractivity contribution in [1.82, 2.24) is 0 Å². The summed E-state index contributed by atoms with van der Waals surface area (Å²) in [6, 6.07) is 0. The Balaban J connectivity index is 4.75. The van der Waals surface area contributed by atoms with Gasteiger partial charge in [-0.3, -0.25) is 0 Å². The Bertz CT molecular complexity index is 283. The van der Waals surface area contributed by atoms with E-state index < -0.39 is 0 Å². The molecule has 0 aromatic heterocycles. The summed E-state index contributed by atoms with van der Waals surface area (Å²) in [5.41, 5.74) is 2.70. The lowest BCUT2D eigenvalue weighted by Gasteiger charge is -2.23. The summed E-state index contributed by atoms with van der Waals surface area (Å²) in [4.78, 5) is 0. The molecule has 0 aliphatic rings. The molecule has 21 heavy (non-hydrogen) atoms. The van der Waals surface area contributed by atoms with Crippen LogP contribution >= 0.6 is 0 Å². The van der Waals surface area contributed by atoms with Gasteiger partial charge in [0, 0.05) is 0 Å². The minimum absolute atomic E-state index is 0.255. The fourth-order valence-corrected chi connectivity index (χ4v) is 2.34. The van der Waals surface area contributed by atoms with Gasteiger partial charge in [0.05, 0.1) is 12.2 Å². The van der Waals surface area contributed by atoms with E-state index in [1.807, 2.05) is 0 Å². The van der Waals surface area contributed by atoms with Crippen LogP contribution in [0.5, 0.6) is 0 Å². The van der Waals surface area contributed by atoms with E-state index in [1.165, 1.54) is 24.0 Å². The van der Waals surface area contributed by atoms with Crippen LogP contribution in [0.1, 0.15) is 81.1 Å². The van der Waals surface area contributed by atoms with Crippen molar-refractivity contribution in [3.8, 4) is 0 Å². The largest absolute Gasteiger partial charge is 0.367 e. The van der Waals surface area contributed by atoms with Crippen LogP contribution in [0.4, 0.5) is 0 Å². The molecule has 2 unspecified atom stereocenters. The van der Waals surface area contributed by atoms with Gasteiger partial charge in [-0.25, -0.2) is 0 Å². The van der Waals surface area contributed by atoms with Gasteiger partial charge in [0.1, 0.15) is 0 Å². The number of hydrogen-bond donors (Lipinski definition) is 0. The van der Waals surface area contributed by atoms with Gasteiger partial charge in [-0.15, -0.1) is 0 Å². The number of ether oxygens (including phenoxy) is 1. The molecule has 124 valence electrons. The summed E-state index contributed by atoms with van der Waals surface area (Å²) in [5.74, 6) is 1.47. The summed E-state index contributed by atoms with van der Waals surface area (Å²) in [7, 11) is 0. The number of allylic oxidation sites excluding steroid dienone is 2. The normalized spacial score (nSPS) is 14.2. The highest BCUT2D eigenvalue weighted by Crippen LogP contribution is 2.19. The van der Waals surface area contributed by atoms with E-state index in [2.05, 4.69) is 67.5 Å². The zero-order chi connectivity index (χ0) is 16.4. The van der Waals surface area contributed by atoms with Crippen molar-refractivity contribution in [2.24, 2.45) is 11.8 Å². The summed E-state index contributed by atoms with van der Waals surface area (Å²) < 4.78 is 6.42. The van der Waals surface area contributed by atoms with Crippen molar-refractivity contribution in [2.45, 2.75) is 93.3 Å². The van der Waals surface area contributed by atoms with E-state index in [1.54, 1.807) is 0 Å². The van der Waals surface area contributed by atoms with E-state index >= 15 is 0 Å². The molecule has 0 saturated carbocycles. The summed E-state index contributed by atoms with van der Waals surface area (Å²) in [6.45, 7) is 17.8. The summed E-state index contributed by atoms with van der Waals surface area (Å²) in [5, 5.41) is 0. The van der Waals surface area contributed by atoms with Gasteiger partial charge < -0.3 is 4.74 Å². The van der Waals surface area contributed by atoms with Crippen LogP contribution in [0.25, 0.3) is 0 Å². The predicted octanol–water partition coefficient (Wildman–Crippen LogP) is 6.55. The predicted molar refractivity (Wildman–Crippen MR) is 95.7 cm³/mol. The maximum Gasteiger partial charge on any atom is 0.0766 e. The molecule has 0 aromatic rings. The molecule has 0 N–H and O–H groups in total. The van der Waals surface area contributed by atoms with Crippen molar-refractivity contribution in [3.63, 3.8) is 0 Å². The first kappa shape index (κ1) is 20.4. The van der Waals surface area contributed by atoms with Crippen molar-refractivity contribution in [3.05, 3.63) is 23.3 Å². The van der Waals surface area contributed by atoms with Crippen LogP contribution in [0.2, 0.25) is 0 Å². The van der Waals surface area contributed by atoms with E-state index in [9.17, 15) is 0 Å². The first-order valence-electron chi connectivity index (χ1n) is 8.66. The zero-order valence-electron chi connectivity index (χ0n) is 15.7. The molecule has 1 heteroatoms. The van der Waals surface area contributed by atoms with Gasteiger partial charge in [0.25, 0.3) is 0 Å². The van der Waals surface area contributed by atoms with Gasteiger partial charge in [-0.05, 0) is 65.2 Å². The molecule has 0 bridgehead atoms. The Hall–Kier alpha value is -0.560. The van der Waals surface area contributed by atoms with Crippen molar-refractivity contribution in [1.29, 1.82) is 0 Å². The lowest BCUT2D eigenvalue weighted by molar-refractivity contribution is 0.0261. The second-order valence-electron chi connectivity index (χ2n) is 7.64. The molecule has 0 aromatic carbocycles. The molecule has 0 saturated heterocycles. The molecule has 0 fully saturated rings. The monoisotopic (exact) mass is 294 g/mol. The van der Waals surface area contributed by atoms with E-state index in [0.717, 1.165) is 24.7 Å². The highest BCUT2D eigenvalue weighted by Gasteiger charge is 2.14. The standard InChI is InChI=1S/C20H38O/c1-15(2)9-11-19(13-17(5)6)21-20(14-18(7)8)12-10-16(3)4/h13-16,19-20H,9-12H2,1-8H3. The topological polar surface area (TPSA) is 9.23 Å².